The molecule has 1 unspecified atom stereocenters. The Morgan fingerprint density at radius 1 is 1.13 bits per heavy atom. The largest absolute Gasteiger partial charge is 0.310 e. The second kappa shape index (κ2) is 13.0. The highest BCUT2D eigenvalue weighted by Crippen LogP contribution is 2.46. The van der Waals surface area contributed by atoms with Crippen molar-refractivity contribution < 1.29 is 4.79 Å². The van der Waals surface area contributed by atoms with Gasteiger partial charge in [0.05, 0.1) is 11.1 Å². The van der Waals surface area contributed by atoms with Crippen molar-refractivity contribution in [2.75, 3.05) is 44.6 Å². The first-order valence-electron chi connectivity index (χ1n) is 13.8. The molecule has 1 N–H and O–H groups in total. The number of allylic oxidation sites excluding steroid dienone is 9. The van der Waals surface area contributed by atoms with Crippen LogP contribution in [0.2, 0.25) is 0 Å². The van der Waals surface area contributed by atoms with Gasteiger partial charge in [0.1, 0.15) is 5.82 Å². The molecule has 1 amide bonds. The molecule has 4 rings (SSSR count). The zero-order valence-electron chi connectivity index (χ0n) is 23.6. The molecule has 1 aliphatic carbocycles. The Morgan fingerprint density at radius 3 is 2.54 bits per heavy atom. The summed E-state index contributed by atoms with van der Waals surface area (Å²) in [5.41, 5.74) is 5.67. The van der Waals surface area contributed by atoms with E-state index in [4.69, 9.17) is 4.99 Å². The maximum Gasteiger partial charge on any atom is 0.236 e. The molecule has 1 spiro atoms. The van der Waals surface area contributed by atoms with Gasteiger partial charge in [0, 0.05) is 57.2 Å². The number of nitrogens with one attached hydrogen (secondary N) is 1. The van der Waals surface area contributed by atoms with Gasteiger partial charge < -0.3 is 5.32 Å². The smallest absolute Gasteiger partial charge is 0.236 e. The molecular formula is C33H41N5O. The summed E-state index contributed by atoms with van der Waals surface area (Å²) in [7, 11) is 0. The number of piperazine rings is 1. The highest BCUT2D eigenvalue weighted by molar-refractivity contribution is 6.05. The zero-order chi connectivity index (χ0) is 27.8. The zero-order valence-corrected chi connectivity index (χ0v) is 23.6. The molecule has 1 aromatic rings. The van der Waals surface area contributed by atoms with E-state index in [1.807, 2.05) is 37.4 Å². The molecule has 0 radical (unpaired) electrons. The van der Waals surface area contributed by atoms with Crippen LogP contribution in [0.1, 0.15) is 39.2 Å². The summed E-state index contributed by atoms with van der Waals surface area (Å²) >= 11 is 0. The Balaban J connectivity index is 1.46. The molecule has 2 aliphatic heterocycles. The van der Waals surface area contributed by atoms with Crippen LogP contribution in [0.15, 0.2) is 107 Å². The summed E-state index contributed by atoms with van der Waals surface area (Å²) < 4.78 is 0. The van der Waals surface area contributed by atoms with Crippen LogP contribution in [0.3, 0.4) is 0 Å². The molecule has 3 aliphatic rings. The first kappa shape index (κ1) is 28.4. The normalized spacial score (nSPS) is 27.9. The Bertz CT molecular complexity index is 1290. The molecule has 6 nitrogen and oxygen atoms in total. The van der Waals surface area contributed by atoms with E-state index < -0.39 is 5.41 Å². The van der Waals surface area contributed by atoms with Gasteiger partial charge in [0.15, 0.2) is 0 Å². The van der Waals surface area contributed by atoms with Crippen molar-refractivity contribution in [2.24, 2.45) is 4.99 Å². The number of hydrogen-bond donors (Lipinski definition) is 1. The van der Waals surface area contributed by atoms with Crippen LogP contribution in [0.4, 0.5) is 5.82 Å². The SMILES string of the molecule is C=C/C=C(\C=C/C)CN1CCN(CC=NC2=C(C=C)/C=C(\C)CC3(C\C(C)=C\2)C(=O)Nc2ncccc23)CC1. The van der Waals surface area contributed by atoms with Crippen LogP contribution in [0.5, 0.6) is 0 Å². The third-order valence-electron chi connectivity index (χ3n) is 7.61. The third kappa shape index (κ3) is 6.70. The summed E-state index contributed by atoms with van der Waals surface area (Å²) in [5, 5.41) is 3.01. The van der Waals surface area contributed by atoms with Gasteiger partial charge in [0.25, 0.3) is 0 Å². The van der Waals surface area contributed by atoms with Crippen molar-refractivity contribution in [3.8, 4) is 0 Å². The molecule has 3 heterocycles. The lowest BCUT2D eigenvalue weighted by Crippen LogP contribution is -2.47. The van der Waals surface area contributed by atoms with Crippen LogP contribution < -0.4 is 5.32 Å². The fraction of sp³-hybridized carbons (Fsp3) is 0.364. The predicted octanol–water partition coefficient (Wildman–Crippen LogP) is 5.77. The molecule has 0 saturated carbocycles. The van der Waals surface area contributed by atoms with Gasteiger partial charge in [-0.05, 0) is 56.9 Å². The van der Waals surface area contributed by atoms with Crippen molar-refractivity contribution in [2.45, 2.75) is 39.0 Å². The van der Waals surface area contributed by atoms with Crippen LogP contribution >= 0.6 is 0 Å². The maximum atomic E-state index is 13.3. The lowest BCUT2D eigenvalue weighted by Gasteiger charge is -2.34. The van der Waals surface area contributed by atoms with E-state index in [-0.39, 0.29) is 5.91 Å². The van der Waals surface area contributed by atoms with Crippen LogP contribution in [-0.2, 0) is 10.2 Å². The Labute approximate surface area is 233 Å². The molecule has 6 heteroatoms. The van der Waals surface area contributed by atoms with E-state index in [9.17, 15) is 4.79 Å². The van der Waals surface area contributed by atoms with Gasteiger partial charge in [-0.1, -0.05) is 66.8 Å². The topological polar surface area (TPSA) is 60.8 Å². The minimum atomic E-state index is -0.663. The van der Waals surface area contributed by atoms with Crippen molar-refractivity contribution in [3.05, 3.63) is 108 Å². The number of nitrogens with zero attached hydrogens (tertiary/aromatic N) is 4. The van der Waals surface area contributed by atoms with Gasteiger partial charge >= 0.3 is 0 Å². The molecular weight excluding hydrogens is 482 g/mol. The summed E-state index contributed by atoms with van der Waals surface area (Å²) in [5.74, 6) is 0.688. The number of hydrogen-bond acceptors (Lipinski definition) is 5. The average Bonchev–Trinajstić information content (AvgIpc) is 3.20. The first-order valence-corrected chi connectivity index (χ1v) is 13.8. The van der Waals surface area contributed by atoms with Crippen LogP contribution in [0.25, 0.3) is 0 Å². The molecule has 1 saturated heterocycles. The summed E-state index contributed by atoms with van der Waals surface area (Å²) in [4.78, 5) is 27.6. The second-order valence-electron chi connectivity index (χ2n) is 10.7. The van der Waals surface area contributed by atoms with E-state index in [0.717, 1.165) is 67.2 Å². The van der Waals surface area contributed by atoms with Crippen molar-refractivity contribution in [1.82, 2.24) is 14.8 Å². The molecule has 204 valence electrons. The standard InChI is InChI=1S/C33H41N5O/c1-6-10-27(11-7-2)24-38-18-16-37(17-19-38)15-14-34-30-21-26(5)23-33(22-25(4)20-28(30)8-3)29-12-9-13-35-31(29)36-32(33)39/h6-14,20-21H,1,3,15-19,22-24H2,2,4-5H3,(H,35,36,39)/b11-7-,25-20+,26-21+,27-10+,30-28+,34-14?. The van der Waals surface area contributed by atoms with E-state index >= 15 is 0 Å². The van der Waals surface area contributed by atoms with Gasteiger partial charge in [-0.25, -0.2) is 4.98 Å². The minimum Gasteiger partial charge on any atom is -0.310 e. The van der Waals surface area contributed by atoms with E-state index in [1.54, 1.807) is 6.20 Å². The van der Waals surface area contributed by atoms with E-state index in [1.165, 1.54) is 5.57 Å². The Hall–Kier alpha value is -3.61. The maximum absolute atomic E-state index is 13.3. The Kier molecular flexibility index (Phi) is 9.44. The summed E-state index contributed by atoms with van der Waals surface area (Å²) in [6, 6.07) is 3.93. The van der Waals surface area contributed by atoms with Crippen molar-refractivity contribution in [1.29, 1.82) is 0 Å². The number of carbonyl (C=O) groups excluding carboxylic acids is 1. The molecule has 0 bridgehead atoms. The number of fused-ring (bicyclic) bond motifs is 2. The average molecular weight is 524 g/mol. The second-order valence-corrected chi connectivity index (χ2v) is 10.7. The van der Waals surface area contributed by atoms with E-state index in [2.05, 4.69) is 77.5 Å². The van der Waals surface area contributed by atoms with Gasteiger partial charge in [-0.15, -0.1) is 0 Å². The fourth-order valence-electron chi connectivity index (χ4n) is 5.81. The number of pyridine rings is 1. The number of aromatic nitrogens is 1. The molecule has 39 heavy (non-hydrogen) atoms. The fourth-order valence-corrected chi connectivity index (χ4v) is 5.81. The monoisotopic (exact) mass is 523 g/mol. The van der Waals surface area contributed by atoms with Crippen molar-refractivity contribution in [3.63, 3.8) is 0 Å². The number of anilines is 1. The molecule has 1 aromatic heterocycles. The van der Waals surface area contributed by atoms with Gasteiger partial charge in [-0.2, -0.15) is 0 Å². The highest BCUT2D eigenvalue weighted by Gasteiger charge is 2.47. The van der Waals surface area contributed by atoms with Gasteiger partial charge in [0.2, 0.25) is 5.91 Å². The predicted molar refractivity (Wildman–Crippen MR) is 163 cm³/mol. The highest BCUT2D eigenvalue weighted by atomic mass is 16.2. The van der Waals surface area contributed by atoms with Gasteiger partial charge in [-0.3, -0.25) is 19.6 Å². The molecule has 0 aromatic carbocycles. The lowest BCUT2D eigenvalue weighted by molar-refractivity contribution is -0.120. The number of carbonyl (C=O) groups is 1. The minimum absolute atomic E-state index is 0.0146. The lowest BCUT2D eigenvalue weighted by atomic mass is 9.72. The van der Waals surface area contributed by atoms with E-state index in [0.29, 0.717) is 18.7 Å². The molecule has 1 fully saturated rings. The quantitative estimate of drug-likeness (QED) is 0.347. The Morgan fingerprint density at radius 2 is 1.85 bits per heavy atom. The third-order valence-corrected chi connectivity index (χ3v) is 7.61. The van der Waals surface area contributed by atoms with Crippen LogP contribution in [-0.4, -0.2) is 66.2 Å². The van der Waals surface area contributed by atoms with Crippen molar-refractivity contribution >= 4 is 17.9 Å². The first-order chi connectivity index (χ1) is 18.9. The van der Waals surface area contributed by atoms with Crippen LogP contribution in [0, 0.1) is 0 Å². The number of amides is 1. The number of rotatable bonds is 8. The molecule has 1 atom stereocenters. The summed E-state index contributed by atoms with van der Waals surface area (Å²) in [6.45, 7) is 19.9. The summed E-state index contributed by atoms with van der Waals surface area (Å²) in [6.07, 6.45) is 19.3. The number of aliphatic imine (C=N–C) groups is 1.